The molecule has 0 aliphatic carbocycles. The Labute approximate surface area is 323 Å². The van der Waals surface area contributed by atoms with E-state index in [4.69, 9.17) is 5.73 Å². The van der Waals surface area contributed by atoms with Crippen LogP contribution in [0.15, 0.2) is 72.9 Å². The van der Waals surface area contributed by atoms with Gasteiger partial charge in [0.25, 0.3) is 11.8 Å². The third kappa shape index (κ3) is 11.4. The molecule has 300 valence electrons. The van der Waals surface area contributed by atoms with E-state index in [-0.39, 0.29) is 37.9 Å². The van der Waals surface area contributed by atoms with E-state index in [0.29, 0.717) is 24.2 Å². The number of unbranched alkanes of at least 4 members (excludes halogenated alkanes) is 1. The summed E-state index contributed by atoms with van der Waals surface area (Å²) < 4.78 is 31.2. The first-order chi connectivity index (χ1) is 26.5. The second-order valence-corrected chi connectivity index (χ2v) is 14.6. The average Bonchev–Trinajstić information content (AvgIpc) is 3.70. The Hall–Kier alpha value is -5.74. The molecule has 16 heteroatoms. The van der Waals surface area contributed by atoms with Crippen molar-refractivity contribution in [3.05, 3.63) is 95.8 Å². The smallest absolute Gasteiger partial charge is 0.326 e. The Morgan fingerprint density at radius 1 is 0.946 bits per heavy atom. The second-order valence-electron chi connectivity index (χ2n) is 14.6. The van der Waals surface area contributed by atoms with Crippen molar-refractivity contribution in [1.29, 1.82) is 0 Å². The second kappa shape index (κ2) is 19.2. The molecule has 1 aliphatic rings. The minimum absolute atomic E-state index is 0.00451. The van der Waals surface area contributed by atoms with E-state index in [2.05, 4.69) is 10.6 Å². The number of benzene rings is 2. The van der Waals surface area contributed by atoms with Gasteiger partial charge in [-0.25, -0.2) is 13.6 Å². The Bertz CT molecular complexity index is 1930. The molecule has 4 rings (SSSR count). The molecule has 2 heterocycles. The van der Waals surface area contributed by atoms with Crippen molar-refractivity contribution in [2.45, 2.75) is 71.1 Å². The van der Waals surface area contributed by atoms with Crippen LogP contribution in [-0.2, 0) is 35.3 Å². The number of halogens is 2. The van der Waals surface area contributed by atoms with Gasteiger partial charge in [0.15, 0.2) is 0 Å². The molecule has 14 nitrogen and oxygen atoms in total. The number of imide groups is 1. The van der Waals surface area contributed by atoms with Gasteiger partial charge in [0.05, 0.1) is 12.1 Å². The lowest BCUT2D eigenvalue weighted by Crippen LogP contribution is -2.50. The van der Waals surface area contributed by atoms with Gasteiger partial charge in [-0.15, -0.1) is 0 Å². The summed E-state index contributed by atoms with van der Waals surface area (Å²) in [7, 11) is 0. The molecule has 0 saturated heterocycles. The topological polar surface area (TPSA) is 204 Å². The summed E-state index contributed by atoms with van der Waals surface area (Å²) in [6, 6.07) is 10.9. The SMILES string of the molecule is CC(C)(C)C(c1cc(-c2cc(F)ccc2F)cn1Cc1ccccc1)N(CCC(N)C(=O)NC(CCCCNC(=O)CN1C(=O)C=CC1=O)C(=O)O)C(=O)CO. The highest BCUT2D eigenvalue weighted by molar-refractivity contribution is 6.14. The van der Waals surface area contributed by atoms with Crippen LogP contribution in [0.25, 0.3) is 11.1 Å². The maximum Gasteiger partial charge on any atom is 0.326 e. The first-order valence-electron chi connectivity index (χ1n) is 18.2. The zero-order valence-corrected chi connectivity index (χ0v) is 31.5. The molecule has 3 aromatic rings. The lowest BCUT2D eigenvalue weighted by molar-refractivity contribution is -0.142. The number of carboxylic acid groups (broad SMARTS) is 1. The molecule has 3 unspecified atom stereocenters. The van der Waals surface area contributed by atoms with Crippen LogP contribution in [0, 0.1) is 17.0 Å². The Morgan fingerprint density at radius 2 is 1.62 bits per heavy atom. The van der Waals surface area contributed by atoms with Crippen molar-refractivity contribution in [2.24, 2.45) is 11.1 Å². The summed E-state index contributed by atoms with van der Waals surface area (Å²) in [5, 5.41) is 24.9. The van der Waals surface area contributed by atoms with Crippen molar-refractivity contribution in [2.75, 3.05) is 26.2 Å². The maximum atomic E-state index is 15.0. The zero-order chi connectivity index (χ0) is 41.2. The number of aromatic nitrogens is 1. The molecule has 2 aromatic carbocycles. The lowest BCUT2D eigenvalue weighted by Gasteiger charge is -2.41. The van der Waals surface area contributed by atoms with Gasteiger partial charge in [0.2, 0.25) is 17.7 Å². The van der Waals surface area contributed by atoms with Crippen LogP contribution >= 0.6 is 0 Å². The predicted molar refractivity (Wildman–Crippen MR) is 201 cm³/mol. The lowest BCUT2D eigenvalue weighted by atomic mass is 9.82. The van der Waals surface area contributed by atoms with Gasteiger partial charge in [-0.1, -0.05) is 51.1 Å². The van der Waals surface area contributed by atoms with Crippen molar-refractivity contribution < 1.29 is 47.8 Å². The molecule has 0 saturated carbocycles. The molecule has 0 spiro atoms. The zero-order valence-electron chi connectivity index (χ0n) is 31.5. The van der Waals surface area contributed by atoms with Crippen molar-refractivity contribution in [3.63, 3.8) is 0 Å². The van der Waals surface area contributed by atoms with Crippen LogP contribution < -0.4 is 16.4 Å². The molecule has 6 N–H and O–H groups in total. The van der Waals surface area contributed by atoms with Crippen molar-refractivity contribution >= 4 is 35.5 Å². The van der Waals surface area contributed by atoms with E-state index < -0.39 is 83.8 Å². The van der Waals surface area contributed by atoms with Crippen LogP contribution in [0.4, 0.5) is 8.78 Å². The quantitative estimate of drug-likeness (QED) is 0.0896. The molecule has 0 radical (unpaired) electrons. The highest BCUT2D eigenvalue weighted by Gasteiger charge is 2.38. The highest BCUT2D eigenvalue weighted by atomic mass is 19.1. The third-order valence-corrected chi connectivity index (χ3v) is 9.31. The first-order valence-corrected chi connectivity index (χ1v) is 18.2. The molecule has 3 atom stereocenters. The van der Waals surface area contributed by atoms with Gasteiger partial charge in [-0.2, -0.15) is 0 Å². The van der Waals surface area contributed by atoms with Gasteiger partial charge in [0, 0.05) is 54.8 Å². The summed E-state index contributed by atoms with van der Waals surface area (Å²) in [6.45, 7) is 4.64. The van der Waals surface area contributed by atoms with Gasteiger partial charge < -0.3 is 36.0 Å². The van der Waals surface area contributed by atoms with Crippen LogP contribution in [-0.4, -0.2) is 98.4 Å². The molecule has 5 amide bonds. The largest absolute Gasteiger partial charge is 0.480 e. The number of aliphatic hydroxyl groups excluding tert-OH is 1. The molecule has 56 heavy (non-hydrogen) atoms. The normalized spacial score (nSPS) is 14.4. The minimum atomic E-state index is -1.31. The van der Waals surface area contributed by atoms with Gasteiger partial charge >= 0.3 is 5.97 Å². The number of rotatable bonds is 19. The molecular weight excluding hydrogens is 730 g/mol. The Kier molecular flexibility index (Phi) is 14.8. The summed E-state index contributed by atoms with van der Waals surface area (Å²) in [6.07, 6.45) is 4.32. The molecular formula is C40H48F2N6O8. The van der Waals surface area contributed by atoms with Gasteiger partial charge in [-0.05, 0) is 60.9 Å². The fraction of sp³-hybridized carbons (Fsp3) is 0.400. The minimum Gasteiger partial charge on any atom is -0.480 e. The van der Waals surface area contributed by atoms with E-state index in [9.17, 15) is 43.4 Å². The average molecular weight is 779 g/mol. The van der Waals surface area contributed by atoms with Gasteiger partial charge in [-0.3, -0.25) is 28.9 Å². The summed E-state index contributed by atoms with van der Waals surface area (Å²) in [4.78, 5) is 76.2. The van der Waals surface area contributed by atoms with Crippen LogP contribution in [0.3, 0.4) is 0 Å². The summed E-state index contributed by atoms with van der Waals surface area (Å²) in [5.41, 5.74) is 7.37. The number of nitrogens with one attached hydrogen (secondary N) is 2. The number of hydrogen-bond acceptors (Lipinski definition) is 8. The first kappa shape index (κ1) is 43.0. The van der Waals surface area contributed by atoms with Gasteiger partial charge in [0.1, 0.15) is 30.8 Å². The fourth-order valence-corrected chi connectivity index (χ4v) is 6.53. The maximum absolute atomic E-state index is 15.0. The number of carbonyl (C=O) groups excluding carboxylic acids is 5. The van der Waals surface area contributed by atoms with Crippen LogP contribution in [0.2, 0.25) is 0 Å². The van der Waals surface area contributed by atoms with E-state index in [1.807, 2.05) is 55.7 Å². The number of nitrogens with zero attached hydrogens (tertiary/aromatic N) is 3. The summed E-state index contributed by atoms with van der Waals surface area (Å²) >= 11 is 0. The summed E-state index contributed by atoms with van der Waals surface area (Å²) in [5.74, 6) is -5.76. The number of aliphatic carboxylic acids is 1. The molecule has 1 aliphatic heterocycles. The number of aliphatic hydroxyl groups is 1. The van der Waals surface area contributed by atoms with Crippen molar-refractivity contribution in [1.82, 2.24) is 25.0 Å². The van der Waals surface area contributed by atoms with Crippen LogP contribution in [0.1, 0.15) is 63.8 Å². The molecule has 1 aromatic heterocycles. The number of amides is 5. The molecule has 0 bridgehead atoms. The standard InChI is InChI=1S/C40H48F2N6O8/c1-40(2,3)37(32-19-26(28-20-27(41)12-13-29(28)42)22-46(32)21-25-9-5-4-6-10-25)47(36(53)24-49)18-16-30(43)38(54)45-31(39(55)56)11-7-8-17-44-33(50)23-48-34(51)14-15-35(48)52/h4-6,9-10,12-15,19-20,22,30-31,37,49H,7-8,11,16-18,21,23-24,43H2,1-3H3,(H,44,50)(H,45,54)(H,55,56). The molecule has 0 fully saturated rings. The fourth-order valence-electron chi connectivity index (χ4n) is 6.53. The third-order valence-electron chi connectivity index (χ3n) is 9.31. The predicted octanol–water partition coefficient (Wildman–Crippen LogP) is 2.89. The van der Waals surface area contributed by atoms with Crippen LogP contribution in [0.5, 0.6) is 0 Å². The van der Waals surface area contributed by atoms with Crippen molar-refractivity contribution in [3.8, 4) is 11.1 Å². The van der Waals surface area contributed by atoms with E-state index in [1.165, 1.54) is 4.90 Å². The highest BCUT2D eigenvalue weighted by Crippen LogP contribution is 2.41. The number of hydrogen-bond donors (Lipinski definition) is 5. The number of nitrogens with two attached hydrogens (primary N) is 1. The monoisotopic (exact) mass is 778 g/mol. The van der Waals surface area contributed by atoms with E-state index in [1.54, 1.807) is 12.3 Å². The Balaban J connectivity index is 1.46. The number of carbonyl (C=O) groups is 6. The Morgan fingerprint density at radius 3 is 2.25 bits per heavy atom. The van der Waals surface area contributed by atoms with E-state index in [0.717, 1.165) is 40.8 Å². The van der Waals surface area contributed by atoms with E-state index >= 15 is 4.39 Å². The number of carboxylic acids is 1.